The summed E-state index contributed by atoms with van der Waals surface area (Å²) in [5, 5.41) is 29.0. The van der Waals surface area contributed by atoms with Crippen LogP contribution < -0.4 is 5.43 Å². The fraction of sp³-hybridized carbons (Fsp3) is 0.444. The van der Waals surface area contributed by atoms with Gasteiger partial charge in [-0.2, -0.15) is 0 Å². The van der Waals surface area contributed by atoms with E-state index in [0.29, 0.717) is 5.01 Å². The maximum Gasteiger partial charge on any atom is 0.426 e. The van der Waals surface area contributed by atoms with Crippen LogP contribution in [0.2, 0.25) is 0 Å². The van der Waals surface area contributed by atoms with Crippen molar-refractivity contribution in [2.24, 2.45) is 0 Å². The van der Waals surface area contributed by atoms with Crippen molar-refractivity contribution in [1.29, 1.82) is 0 Å². The Morgan fingerprint density at radius 3 is 2.47 bits per heavy atom. The van der Waals surface area contributed by atoms with E-state index < -0.39 is 69.9 Å². The number of phenols is 2. The Kier molecular flexibility index (Phi) is 7.31. The molecular formula is C18H22N3O10S-. The van der Waals surface area contributed by atoms with Crippen molar-refractivity contribution in [2.45, 2.75) is 37.1 Å². The molecule has 0 spiro atoms. The van der Waals surface area contributed by atoms with Crippen molar-refractivity contribution in [3.63, 3.8) is 0 Å². The van der Waals surface area contributed by atoms with Crippen LogP contribution in [0, 0.1) is 0 Å². The summed E-state index contributed by atoms with van der Waals surface area (Å²) >= 11 is -3.07. The van der Waals surface area contributed by atoms with Crippen LogP contribution in [0.15, 0.2) is 18.2 Å². The van der Waals surface area contributed by atoms with Gasteiger partial charge >= 0.3 is 12.1 Å². The van der Waals surface area contributed by atoms with E-state index >= 15 is 0 Å². The topological polar surface area (TPSA) is 197 Å². The molecule has 0 radical (unpaired) electrons. The predicted octanol–water partition coefficient (Wildman–Crippen LogP) is -0.477. The number of likely N-dealkylation sites (tertiary alicyclic amines) is 1. The van der Waals surface area contributed by atoms with Crippen LogP contribution in [-0.2, 0) is 25.4 Å². The molecule has 2 rings (SSSR count). The average Bonchev–Trinajstić information content (AvgIpc) is 2.71. The van der Waals surface area contributed by atoms with E-state index in [1.165, 1.54) is 6.07 Å². The van der Waals surface area contributed by atoms with E-state index in [1.807, 2.05) is 5.43 Å². The third kappa shape index (κ3) is 4.91. The lowest BCUT2D eigenvalue weighted by atomic mass is 9.92. The van der Waals surface area contributed by atoms with Crippen molar-refractivity contribution in [3.05, 3.63) is 23.8 Å². The number of hydrazine groups is 1. The van der Waals surface area contributed by atoms with Crippen LogP contribution in [0.1, 0.15) is 30.6 Å². The SMILES string of the molecule is C[C@@H]1CC(=O)N1[C@@H](C(=O)O)[C@](C)(COC(=O)NN(C)C(=O)c1ccc(O)c(O)c1)S(=O)[O-]. The second-order valence-electron chi connectivity index (χ2n) is 7.40. The van der Waals surface area contributed by atoms with Crippen molar-refractivity contribution >= 4 is 35.0 Å². The number of carboxylic acids is 1. The van der Waals surface area contributed by atoms with Crippen LogP contribution in [0.3, 0.4) is 0 Å². The van der Waals surface area contributed by atoms with Gasteiger partial charge in [0.05, 0.1) is 4.75 Å². The number of nitrogens with one attached hydrogen (secondary N) is 1. The van der Waals surface area contributed by atoms with Gasteiger partial charge in [0.2, 0.25) is 5.91 Å². The number of carboxylic acid groups (broad SMARTS) is 1. The Labute approximate surface area is 184 Å². The molecule has 1 unspecified atom stereocenters. The number of carbonyl (C=O) groups is 4. The van der Waals surface area contributed by atoms with E-state index in [1.54, 1.807) is 6.92 Å². The molecule has 0 saturated carbocycles. The fourth-order valence-corrected chi connectivity index (χ4v) is 3.71. The standard InChI is InChI=1S/C18H23N3O10S/c1-9-6-13(24)21(9)14(16(26)27)18(2,32(29)30)8-31-17(28)19-20(3)15(25)10-4-5-11(22)12(23)7-10/h4-5,7,9,14,22-23H,6,8H2,1-3H3,(H,19,28)(H,26,27)(H,29,30)/p-1/t9-,14+,18+/m1/s1. The molecule has 176 valence electrons. The van der Waals surface area contributed by atoms with E-state index in [0.717, 1.165) is 31.0 Å². The second-order valence-corrected chi connectivity index (χ2v) is 8.80. The first-order valence-corrected chi connectivity index (χ1v) is 10.2. The first kappa shape index (κ1) is 24.9. The molecule has 1 aliphatic heterocycles. The van der Waals surface area contributed by atoms with E-state index in [4.69, 9.17) is 4.74 Å². The number of β-lactam (4-membered cyclic amide) rings is 1. The number of hydrogen-bond acceptors (Lipinski definition) is 9. The molecule has 0 bridgehead atoms. The number of phenolic OH excluding ortho intramolecular Hbond substituents is 2. The Bertz CT molecular complexity index is 970. The minimum absolute atomic E-state index is 0.0619. The van der Waals surface area contributed by atoms with E-state index in [-0.39, 0.29) is 12.0 Å². The highest BCUT2D eigenvalue weighted by Gasteiger charge is 2.52. The highest BCUT2D eigenvalue weighted by molar-refractivity contribution is 7.80. The third-order valence-corrected chi connectivity index (χ3v) is 6.08. The van der Waals surface area contributed by atoms with Crippen LogP contribution >= 0.6 is 0 Å². The van der Waals surface area contributed by atoms with Gasteiger partial charge < -0.3 is 29.5 Å². The highest BCUT2D eigenvalue weighted by atomic mass is 32.2. The summed E-state index contributed by atoms with van der Waals surface area (Å²) in [6.07, 6.45) is -1.21. The molecule has 1 aromatic carbocycles. The number of hydrogen-bond donors (Lipinski definition) is 4. The van der Waals surface area contributed by atoms with Crippen LogP contribution in [0.5, 0.6) is 11.5 Å². The number of amides is 3. The minimum atomic E-state index is -3.07. The predicted molar refractivity (Wildman–Crippen MR) is 106 cm³/mol. The Hall–Kier alpha value is -3.39. The van der Waals surface area contributed by atoms with Crippen LogP contribution in [-0.4, -0.2) is 88.4 Å². The minimum Gasteiger partial charge on any atom is -0.772 e. The Balaban J connectivity index is 2.09. The van der Waals surface area contributed by atoms with Crippen molar-refractivity contribution < 1.29 is 48.0 Å². The Morgan fingerprint density at radius 2 is 2.00 bits per heavy atom. The number of carbonyl (C=O) groups excluding carboxylic acids is 3. The van der Waals surface area contributed by atoms with Gasteiger partial charge in [-0.25, -0.2) is 15.0 Å². The molecule has 13 nitrogen and oxygen atoms in total. The summed E-state index contributed by atoms with van der Waals surface area (Å²) in [6, 6.07) is 0.895. The summed E-state index contributed by atoms with van der Waals surface area (Å²) < 4.78 is 26.5. The summed E-state index contributed by atoms with van der Waals surface area (Å²) in [6.45, 7) is 1.65. The average molecular weight is 472 g/mol. The molecule has 0 aliphatic carbocycles. The normalized spacial score (nSPS) is 19.2. The maximum absolute atomic E-state index is 12.3. The first-order valence-electron chi connectivity index (χ1n) is 9.16. The van der Waals surface area contributed by atoms with Crippen molar-refractivity contribution in [2.75, 3.05) is 13.7 Å². The molecule has 1 aromatic rings. The molecule has 4 N–H and O–H groups in total. The molecule has 1 fully saturated rings. The summed E-state index contributed by atoms with van der Waals surface area (Å²) in [7, 11) is 1.14. The summed E-state index contributed by atoms with van der Waals surface area (Å²) in [4.78, 5) is 49.0. The lowest BCUT2D eigenvalue weighted by Crippen LogP contribution is -2.68. The van der Waals surface area contributed by atoms with Gasteiger partial charge in [-0.3, -0.25) is 18.8 Å². The second kappa shape index (κ2) is 9.40. The van der Waals surface area contributed by atoms with Gasteiger partial charge in [0.1, 0.15) is 12.6 Å². The molecule has 1 aliphatic rings. The molecule has 4 atom stereocenters. The molecule has 14 heteroatoms. The van der Waals surface area contributed by atoms with Crippen molar-refractivity contribution in [1.82, 2.24) is 15.3 Å². The molecule has 3 amide bonds. The quantitative estimate of drug-likeness (QED) is 0.174. The Morgan fingerprint density at radius 1 is 1.38 bits per heavy atom. The fourth-order valence-electron chi connectivity index (χ4n) is 3.16. The molecule has 0 aromatic heterocycles. The van der Waals surface area contributed by atoms with Crippen LogP contribution in [0.25, 0.3) is 0 Å². The lowest BCUT2D eigenvalue weighted by Gasteiger charge is -2.49. The zero-order valence-corrected chi connectivity index (χ0v) is 18.1. The number of benzene rings is 1. The third-order valence-electron chi connectivity index (χ3n) is 4.98. The molecule has 1 heterocycles. The summed E-state index contributed by atoms with van der Waals surface area (Å²) in [5.74, 6) is -3.95. The van der Waals surface area contributed by atoms with Crippen LogP contribution in [0.4, 0.5) is 4.79 Å². The zero-order valence-electron chi connectivity index (χ0n) is 17.3. The van der Waals surface area contributed by atoms with Gasteiger partial charge in [-0.05, 0) is 43.1 Å². The smallest absolute Gasteiger partial charge is 0.426 e. The zero-order chi connectivity index (χ0) is 24.4. The van der Waals surface area contributed by atoms with E-state index in [2.05, 4.69) is 0 Å². The number of aromatic hydroxyl groups is 2. The molecule has 32 heavy (non-hydrogen) atoms. The van der Waals surface area contributed by atoms with Gasteiger partial charge in [-0.1, -0.05) is 0 Å². The first-order chi connectivity index (χ1) is 14.8. The van der Waals surface area contributed by atoms with Gasteiger partial charge in [0.15, 0.2) is 11.5 Å². The van der Waals surface area contributed by atoms with Gasteiger partial charge in [0, 0.05) is 25.1 Å². The number of aliphatic carboxylic acids is 1. The number of nitrogens with zero attached hydrogens (tertiary/aromatic N) is 2. The monoisotopic (exact) mass is 472 g/mol. The van der Waals surface area contributed by atoms with Crippen molar-refractivity contribution in [3.8, 4) is 11.5 Å². The van der Waals surface area contributed by atoms with E-state index in [9.17, 15) is 43.3 Å². The maximum atomic E-state index is 12.3. The molecular weight excluding hydrogens is 450 g/mol. The van der Waals surface area contributed by atoms with Gasteiger partial charge in [-0.15, -0.1) is 0 Å². The largest absolute Gasteiger partial charge is 0.772 e. The number of ether oxygens (including phenoxy) is 1. The van der Waals surface area contributed by atoms with Gasteiger partial charge in [0.25, 0.3) is 5.91 Å². The summed E-state index contributed by atoms with van der Waals surface area (Å²) in [5.41, 5.74) is 1.92. The highest BCUT2D eigenvalue weighted by Crippen LogP contribution is 2.31. The molecule has 1 saturated heterocycles. The number of rotatable bonds is 7. The lowest BCUT2D eigenvalue weighted by molar-refractivity contribution is -0.163.